The molecule has 0 radical (unpaired) electrons. The van der Waals surface area contributed by atoms with Gasteiger partial charge in [-0.25, -0.2) is 14.6 Å². The lowest BCUT2D eigenvalue weighted by Crippen LogP contribution is -2.15. The average molecular weight is 466 g/mol. The number of carbonyl (C=O) groups excluding carboxylic acids is 1. The Balaban J connectivity index is 1.47. The number of amides is 1. The summed E-state index contributed by atoms with van der Waals surface area (Å²) < 4.78 is 2.68. The van der Waals surface area contributed by atoms with Gasteiger partial charge in [-0.15, -0.1) is 5.10 Å². The van der Waals surface area contributed by atoms with Gasteiger partial charge in [-0.05, 0) is 42.0 Å². The predicted octanol–water partition coefficient (Wildman–Crippen LogP) is 4.89. The van der Waals surface area contributed by atoms with Gasteiger partial charge >= 0.3 is 0 Å². The Labute approximate surface area is 180 Å². The van der Waals surface area contributed by atoms with Crippen LogP contribution in [0, 0.1) is 0 Å². The largest absolute Gasteiger partial charge is 0.289 e. The summed E-state index contributed by atoms with van der Waals surface area (Å²) in [7, 11) is 0. The van der Waals surface area contributed by atoms with Gasteiger partial charge in [-0.2, -0.15) is 0 Å². The first-order valence-corrected chi connectivity index (χ1v) is 10.4. The van der Waals surface area contributed by atoms with Gasteiger partial charge in [0.05, 0.1) is 12.1 Å². The van der Waals surface area contributed by atoms with Crippen LogP contribution in [0.2, 0.25) is 0 Å². The molecule has 0 saturated carbocycles. The maximum absolute atomic E-state index is 12.8. The van der Waals surface area contributed by atoms with E-state index in [9.17, 15) is 4.79 Å². The molecule has 0 saturated heterocycles. The molecule has 1 amide bonds. The van der Waals surface area contributed by atoms with Crippen LogP contribution in [0.5, 0.6) is 0 Å². The normalized spacial score (nSPS) is 10.7. The van der Waals surface area contributed by atoms with Gasteiger partial charge in [-0.1, -0.05) is 58.0 Å². The van der Waals surface area contributed by atoms with Crippen molar-refractivity contribution < 1.29 is 4.79 Å². The molecular formula is C21H16BrN5OS. The van der Waals surface area contributed by atoms with E-state index in [2.05, 4.69) is 36.3 Å². The van der Waals surface area contributed by atoms with E-state index in [1.54, 1.807) is 29.3 Å². The molecule has 0 aliphatic rings. The average Bonchev–Trinajstić information content (AvgIpc) is 3.17. The zero-order valence-corrected chi connectivity index (χ0v) is 17.6. The van der Waals surface area contributed by atoms with Crippen molar-refractivity contribution in [3.05, 3.63) is 94.9 Å². The monoisotopic (exact) mass is 465 g/mol. The fourth-order valence-electron chi connectivity index (χ4n) is 2.63. The van der Waals surface area contributed by atoms with Gasteiger partial charge in [0.1, 0.15) is 11.4 Å². The van der Waals surface area contributed by atoms with Gasteiger partial charge in [0.25, 0.3) is 5.91 Å². The number of hydrogen-bond acceptors (Lipinski definition) is 5. The summed E-state index contributed by atoms with van der Waals surface area (Å²) >= 11 is 4.85. The quantitative estimate of drug-likeness (QED) is 0.438. The third kappa shape index (κ3) is 5.10. The lowest BCUT2D eigenvalue weighted by Gasteiger charge is -2.07. The summed E-state index contributed by atoms with van der Waals surface area (Å²) in [6.45, 7) is 0.585. The summed E-state index contributed by atoms with van der Waals surface area (Å²) in [5.74, 6) is -0.0375. The van der Waals surface area contributed by atoms with Crippen LogP contribution < -0.4 is 5.32 Å². The Morgan fingerprint density at radius 1 is 1.00 bits per heavy atom. The van der Waals surface area contributed by atoms with E-state index in [0.29, 0.717) is 17.1 Å². The van der Waals surface area contributed by atoms with E-state index in [0.717, 1.165) is 14.9 Å². The van der Waals surface area contributed by atoms with Crippen LogP contribution in [-0.4, -0.2) is 25.7 Å². The summed E-state index contributed by atoms with van der Waals surface area (Å²) in [6.07, 6.45) is 3.27. The molecular weight excluding hydrogens is 450 g/mol. The maximum atomic E-state index is 12.8. The zero-order chi connectivity index (χ0) is 20.1. The SMILES string of the molecule is O=C(Nc1ncn(Cc2ccccc2)n1)c1cccnc1Sc1ccc(Br)cc1. The second kappa shape index (κ2) is 9.02. The molecule has 0 atom stereocenters. The van der Waals surface area contributed by atoms with E-state index in [1.165, 1.54) is 11.8 Å². The predicted molar refractivity (Wildman–Crippen MR) is 116 cm³/mol. The molecule has 4 rings (SSSR count). The first-order valence-electron chi connectivity index (χ1n) is 8.80. The fourth-order valence-corrected chi connectivity index (χ4v) is 3.77. The number of aromatic nitrogens is 4. The second-order valence-electron chi connectivity index (χ2n) is 6.12. The summed E-state index contributed by atoms with van der Waals surface area (Å²) in [4.78, 5) is 22.3. The molecule has 0 bridgehead atoms. The van der Waals surface area contributed by atoms with Crippen molar-refractivity contribution in [1.82, 2.24) is 19.7 Å². The summed E-state index contributed by atoms with van der Waals surface area (Å²) in [5, 5.41) is 7.71. The van der Waals surface area contributed by atoms with Gasteiger partial charge in [0.15, 0.2) is 0 Å². The molecule has 0 aliphatic carbocycles. The highest BCUT2D eigenvalue weighted by atomic mass is 79.9. The van der Waals surface area contributed by atoms with Gasteiger partial charge < -0.3 is 0 Å². The second-order valence-corrected chi connectivity index (χ2v) is 8.10. The van der Waals surface area contributed by atoms with Crippen molar-refractivity contribution >= 4 is 39.5 Å². The minimum atomic E-state index is -0.296. The van der Waals surface area contributed by atoms with Crippen LogP contribution in [0.1, 0.15) is 15.9 Å². The summed E-state index contributed by atoms with van der Waals surface area (Å²) in [6, 6.07) is 21.3. The molecule has 0 spiro atoms. The molecule has 0 aliphatic heterocycles. The molecule has 0 unspecified atom stereocenters. The van der Waals surface area contributed by atoms with Crippen LogP contribution >= 0.6 is 27.7 Å². The molecule has 4 aromatic rings. The van der Waals surface area contributed by atoms with Crippen LogP contribution in [0.3, 0.4) is 0 Å². The first-order chi connectivity index (χ1) is 14.2. The number of rotatable bonds is 6. The third-order valence-electron chi connectivity index (χ3n) is 3.99. The van der Waals surface area contributed by atoms with E-state index >= 15 is 0 Å². The number of halogens is 1. The van der Waals surface area contributed by atoms with Crippen LogP contribution in [0.25, 0.3) is 0 Å². The van der Waals surface area contributed by atoms with Crippen LogP contribution in [-0.2, 0) is 6.54 Å². The molecule has 2 aromatic carbocycles. The fraction of sp³-hybridized carbons (Fsp3) is 0.0476. The lowest BCUT2D eigenvalue weighted by molar-refractivity contribution is 0.102. The number of nitrogens with one attached hydrogen (secondary N) is 1. The smallest absolute Gasteiger partial charge is 0.260 e. The number of benzene rings is 2. The molecule has 8 heteroatoms. The van der Waals surface area contributed by atoms with Crippen molar-refractivity contribution in [2.75, 3.05) is 5.32 Å². The molecule has 6 nitrogen and oxygen atoms in total. The number of pyridine rings is 1. The highest BCUT2D eigenvalue weighted by Crippen LogP contribution is 2.29. The number of hydrogen-bond donors (Lipinski definition) is 1. The zero-order valence-electron chi connectivity index (χ0n) is 15.2. The van der Waals surface area contributed by atoms with Crippen molar-refractivity contribution in [2.24, 2.45) is 0 Å². The van der Waals surface area contributed by atoms with Crippen molar-refractivity contribution in [3.63, 3.8) is 0 Å². The van der Waals surface area contributed by atoms with Crippen molar-refractivity contribution in [1.29, 1.82) is 0 Å². The van der Waals surface area contributed by atoms with E-state index in [-0.39, 0.29) is 11.9 Å². The molecule has 144 valence electrons. The minimum absolute atomic E-state index is 0.259. The number of carbonyl (C=O) groups is 1. The summed E-state index contributed by atoms with van der Waals surface area (Å²) in [5.41, 5.74) is 1.58. The third-order valence-corrected chi connectivity index (χ3v) is 5.55. The van der Waals surface area contributed by atoms with Gasteiger partial charge in [-0.3, -0.25) is 10.1 Å². The Bertz CT molecular complexity index is 1120. The van der Waals surface area contributed by atoms with Crippen LogP contribution in [0.4, 0.5) is 5.95 Å². The molecule has 2 aromatic heterocycles. The topological polar surface area (TPSA) is 72.7 Å². The molecule has 2 heterocycles. The van der Waals surface area contributed by atoms with E-state index in [4.69, 9.17) is 0 Å². The van der Waals surface area contributed by atoms with Crippen molar-refractivity contribution in [3.8, 4) is 0 Å². The van der Waals surface area contributed by atoms with Gasteiger partial charge in [0, 0.05) is 15.6 Å². The lowest BCUT2D eigenvalue weighted by atomic mass is 10.2. The Kier molecular flexibility index (Phi) is 6.02. The Hall–Kier alpha value is -2.97. The molecule has 0 fully saturated rings. The molecule has 1 N–H and O–H groups in total. The first kappa shape index (κ1) is 19.4. The highest BCUT2D eigenvalue weighted by molar-refractivity contribution is 9.10. The maximum Gasteiger partial charge on any atom is 0.260 e. The minimum Gasteiger partial charge on any atom is -0.289 e. The number of nitrogens with zero attached hydrogens (tertiary/aromatic N) is 4. The Morgan fingerprint density at radius 3 is 2.59 bits per heavy atom. The van der Waals surface area contributed by atoms with Crippen LogP contribution in [0.15, 0.2) is 93.6 Å². The van der Waals surface area contributed by atoms with Crippen molar-refractivity contribution in [2.45, 2.75) is 16.5 Å². The van der Waals surface area contributed by atoms with Gasteiger partial charge in [0.2, 0.25) is 5.95 Å². The highest BCUT2D eigenvalue weighted by Gasteiger charge is 2.15. The van der Waals surface area contributed by atoms with E-state index in [1.807, 2.05) is 54.6 Å². The number of anilines is 1. The molecule has 29 heavy (non-hydrogen) atoms. The standard InChI is InChI=1S/C21H16BrN5OS/c22-16-8-10-17(11-9-16)29-20-18(7-4-12-23-20)19(28)25-21-24-14-27(26-21)13-15-5-2-1-3-6-15/h1-12,14H,13H2,(H,25,26,28). The Morgan fingerprint density at radius 2 is 1.79 bits per heavy atom. The van der Waals surface area contributed by atoms with E-state index < -0.39 is 0 Å².